The summed E-state index contributed by atoms with van der Waals surface area (Å²) in [5.74, 6) is -3.23. The molecule has 1 aromatic heterocycles. The van der Waals surface area contributed by atoms with E-state index >= 15 is 0 Å². The first-order chi connectivity index (χ1) is 8.52. The fraction of sp³-hybridized carbons (Fsp3) is 0.154. The van der Waals surface area contributed by atoms with Gasteiger partial charge in [0.15, 0.2) is 17.4 Å². The van der Waals surface area contributed by atoms with Crippen LogP contribution in [0.4, 0.5) is 13.2 Å². The van der Waals surface area contributed by atoms with Gasteiger partial charge >= 0.3 is 0 Å². The zero-order valence-corrected chi connectivity index (χ0v) is 10.3. The molecule has 0 fully saturated rings. The first-order valence-electron chi connectivity index (χ1n) is 5.31. The van der Waals surface area contributed by atoms with Crippen molar-refractivity contribution in [2.45, 2.75) is 13.3 Å². The van der Waals surface area contributed by atoms with Crippen LogP contribution in [0, 0.1) is 17.5 Å². The second-order valence-electron chi connectivity index (χ2n) is 3.69. The number of rotatable bonds is 3. The Morgan fingerprint density at radius 1 is 1.11 bits per heavy atom. The average Bonchev–Trinajstić information content (AvgIpc) is 2.82. The first kappa shape index (κ1) is 12.8. The van der Waals surface area contributed by atoms with Crippen LogP contribution in [0.5, 0.6) is 0 Å². The van der Waals surface area contributed by atoms with Crippen LogP contribution in [0.2, 0.25) is 0 Å². The maximum atomic E-state index is 13.5. The van der Waals surface area contributed by atoms with Gasteiger partial charge in [0.2, 0.25) is 0 Å². The smallest absolute Gasteiger partial charge is 0.172 e. The van der Waals surface area contributed by atoms with Crippen molar-refractivity contribution >= 4 is 17.1 Å². The van der Waals surface area contributed by atoms with Gasteiger partial charge in [0.25, 0.3) is 0 Å². The van der Waals surface area contributed by atoms with Gasteiger partial charge in [-0.1, -0.05) is 6.92 Å². The van der Waals surface area contributed by atoms with E-state index in [0.29, 0.717) is 22.2 Å². The van der Waals surface area contributed by atoms with Crippen molar-refractivity contribution in [1.29, 1.82) is 0 Å². The summed E-state index contributed by atoms with van der Waals surface area (Å²) in [5.41, 5.74) is -0.0333. The Morgan fingerprint density at radius 3 is 2.44 bits per heavy atom. The predicted molar refractivity (Wildman–Crippen MR) is 64.3 cm³/mol. The van der Waals surface area contributed by atoms with E-state index in [9.17, 15) is 18.0 Å². The summed E-state index contributed by atoms with van der Waals surface area (Å²) in [6, 6.07) is 4.40. The molecule has 0 amide bonds. The molecule has 0 aliphatic carbocycles. The molecule has 1 aromatic carbocycles. The number of Topliss-reactive ketones (excluding diaryl/α,β-unsaturated/α-hetero) is 1. The second kappa shape index (κ2) is 4.94. The molecule has 2 aromatic rings. The maximum Gasteiger partial charge on any atom is 0.172 e. The van der Waals surface area contributed by atoms with E-state index < -0.39 is 17.5 Å². The van der Waals surface area contributed by atoms with Gasteiger partial charge in [-0.3, -0.25) is 4.79 Å². The molecule has 2 rings (SSSR count). The summed E-state index contributed by atoms with van der Waals surface area (Å²) in [6.45, 7) is 1.72. The minimum Gasteiger partial charge on any atom is -0.293 e. The fourth-order valence-electron chi connectivity index (χ4n) is 1.52. The van der Waals surface area contributed by atoms with Crippen molar-refractivity contribution in [2.75, 3.05) is 0 Å². The van der Waals surface area contributed by atoms with E-state index in [1.807, 2.05) is 0 Å². The number of hydrogen-bond donors (Lipinski definition) is 0. The van der Waals surface area contributed by atoms with Crippen LogP contribution in [-0.2, 0) is 0 Å². The van der Waals surface area contributed by atoms with Gasteiger partial charge < -0.3 is 0 Å². The molecule has 0 N–H and O–H groups in total. The monoisotopic (exact) mass is 270 g/mol. The molecular weight excluding hydrogens is 261 g/mol. The van der Waals surface area contributed by atoms with Crippen molar-refractivity contribution in [3.63, 3.8) is 0 Å². The molecule has 0 aliphatic heterocycles. The molecular formula is C13H9F3OS. The molecule has 0 saturated carbocycles. The topological polar surface area (TPSA) is 17.1 Å². The van der Waals surface area contributed by atoms with E-state index in [1.165, 1.54) is 6.07 Å². The van der Waals surface area contributed by atoms with E-state index in [2.05, 4.69) is 0 Å². The highest BCUT2D eigenvalue weighted by atomic mass is 32.1. The van der Waals surface area contributed by atoms with Crippen molar-refractivity contribution in [3.05, 3.63) is 46.6 Å². The van der Waals surface area contributed by atoms with E-state index in [1.54, 1.807) is 13.0 Å². The molecule has 1 heterocycles. The maximum absolute atomic E-state index is 13.5. The van der Waals surface area contributed by atoms with Crippen molar-refractivity contribution < 1.29 is 18.0 Å². The highest BCUT2D eigenvalue weighted by molar-refractivity contribution is 7.17. The van der Waals surface area contributed by atoms with Crippen LogP contribution in [0.3, 0.4) is 0 Å². The predicted octanol–water partition coefficient (Wildman–Crippen LogP) is 4.43. The lowest BCUT2D eigenvalue weighted by atomic mass is 10.1. The van der Waals surface area contributed by atoms with E-state index in [4.69, 9.17) is 0 Å². The van der Waals surface area contributed by atoms with Gasteiger partial charge in [0.1, 0.15) is 5.82 Å². The largest absolute Gasteiger partial charge is 0.293 e. The van der Waals surface area contributed by atoms with Crippen LogP contribution >= 0.6 is 11.3 Å². The molecule has 0 spiro atoms. The summed E-state index contributed by atoms with van der Waals surface area (Å²) in [5, 5.41) is 0. The van der Waals surface area contributed by atoms with Crippen LogP contribution < -0.4 is 0 Å². The molecule has 1 nitrogen and oxygen atoms in total. The normalized spacial score (nSPS) is 10.7. The Bertz CT molecular complexity index is 604. The number of hydrogen-bond acceptors (Lipinski definition) is 2. The number of halogens is 3. The lowest BCUT2D eigenvalue weighted by Gasteiger charge is -2.01. The Kier molecular flexibility index (Phi) is 3.52. The summed E-state index contributed by atoms with van der Waals surface area (Å²) in [6.07, 6.45) is 0.347. The van der Waals surface area contributed by atoms with E-state index in [-0.39, 0.29) is 11.3 Å². The van der Waals surface area contributed by atoms with E-state index in [0.717, 1.165) is 17.4 Å². The van der Waals surface area contributed by atoms with Crippen LogP contribution in [-0.4, -0.2) is 5.78 Å². The molecule has 0 bridgehead atoms. The Labute approximate surface area is 106 Å². The Hall–Kier alpha value is -1.62. The van der Waals surface area contributed by atoms with Crippen molar-refractivity contribution in [3.8, 4) is 10.4 Å². The third kappa shape index (κ3) is 2.31. The lowest BCUT2D eigenvalue weighted by Crippen LogP contribution is -1.91. The number of ketones is 1. The number of carbonyl (C=O) groups excluding carboxylic acids is 1. The number of benzene rings is 1. The third-order valence-corrected chi connectivity index (χ3v) is 3.64. The number of carbonyl (C=O) groups is 1. The van der Waals surface area contributed by atoms with Gasteiger partial charge in [-0.05, 0) is 18.2 Å². The standard InChI is InChI=1S/C13H9F3OS/c1-2-11(17)13-4-3-12(18-13)7-5-9(15)10(16)6-8(7)14/h3-6H,2H2,1H3. The third-order valence-electron chi connectivity index (χ3n) is 2.48. The molecule has 18 heavy (non-hydrogen) atoms. The fourth-order valence-corrected chi connectivity index (χ4v) is 2.55. The van der Waals surface area contributed by atoms with Crippen molar-refractivity contribution in [1.82, 2.24) is 0 Å². The van der Waals surface area contributed by atoms with Crippen LogP contribution in [0.1, 0.15) is 23.0 Å². The second-order valence-corrected chi connectivity index (χ2v) is 4.77. The van der Waals surface area contributed by atoms with Gasteiger partial charge in [-0.15, -0.1) is 11.3 Å². The molecule has 0 saturated heterocycles. The zero-order valence-electron chi connectivity index (χ0n) is 9.47. The Morgan fingerprint density at radius 2 is 1.78 bits per heavy atom. The molecule has 0 atom stereocenters. The molecule has 0 unspecified atom stereocenters. The highest BCUT2D eigenvalue weighted by Crippen LogP contribution is 2.31. The van der Waals surface area contributed by atoms with Gasteiger partial charge in [-0.2, -0.15) is 0 Å². The minimum atomic E-state index is -1.22. The highest BCUT2D eigenvalue weighted by Gasteiger charge is 2.14. The molecule has 0 aliphatic rings. The molecule has 94 valence electrons. The Balaban J connectivity index is 2.46. The van der Waals surface area contributed by atoms with Gasteiger partial charge in [-0.25, -0.2) is 13.2 Å². The first-order valence-corrected chi connectivity index (χ1v) is 6.12. The van der Waals surface area contributed by atoms with Crippen LogP contribution in [0.15, 0.2) is 24.3 Å². The summed E-state index contributed by atoms with van der Waals surface area (Å²) < 4.78 is 39.4. The average molecular weight is 270 g/mol. The van der Waals surface area contributed by atoms with Gasteiger partial charge in [0.05, 0.1) is 4.88 Å². The van der Waals surface area contributed by atoms with Crippen molar-refractivity contribution in [2.24, 2.45) is 0 Å². The molecule has 5 heteroatoms. The summed E-state index contributed by atoms with van der Waals surface area (Å²) >= 11 is 1.07. The molecule has 0 radical (unpaired) electrons. The minimum absolute atomic E-state index is 0.0333. The van der Waals surface area contributed by atoms with Crippen LogP contribution in [0.25, 0.3) is 10.4 Å². The summed E-state index contributed by atoms with van der Waals surface area (Å²) in [7, 11) is 0. The summed E-state index contributed by atoms with van der Waals surface area (Å²) in [4.78, 5) is 12.3. The van der Waals surface area contributed by atoms with Gasteiger partial charge in [0, 0.05) is 22.9 Å². The zero-order chi connectivity index (χ0) is 13.3. The SMILES string of the molecule is CCC(=O)c1ccc(-c2cc(F)c(F)cc2F)s1. The lowest BCUT2D eigenvalue weighted by molar-refractivity contribution is 0.0992. The quantitative estimate of drug-likeness (QED) is 0.596. The number of thiophene rings is 1.